The van der Waals surface area contributed by atoms with E-state index >= 15 is 0 Å². The molecule has 66 valence electrons. The second-order valence-corrected chi connectivity index (χ2v) is 5.75. The van der Waals surface area contributed by atoms with Crippen LogP contribution in [0.5, 0.6) is 0 Å². The fourth-order valence-corrected chi connectivity index (χ4v) is 1.97. The summed E-state index contributed by atoms with van der Waals surface area (Å²) in [7, 11) is -3.17. The van der Waals surface area contributed by atoms with Crippen molar-refractivity contribution in [2.24, 2.45) is 0 Å². The van der Waals surface area contributed by atoms with Gasteiger partial charge in [-0.15, -0.1) is 0 Å². The number of rotatable bonds is 1. The standard InChI is InChI=1S/C6H5ClINO2S/c1-12(10,11)4-2-5(8)6(7)9-3-4/h2-3H,1H3. The zero-order valence-electron chi connectivity index (χ0n) is 6.08. The minimum Gasteiger partial charge on any atom is -0.242 e. The Kier molecular flexibility index (Phi) is 2.95. The third kappa shape index (κ3) is 2.30. The highest BCUT2D eigenvalue weighted by Gasteiger charge is 2.09. The molecule has 0 N–H and O–H groups in total. The normalized spacial score (nSPS) is 11.6. The van der Waals surface area contributed by atoms with Crippen LogP contribution >= 0.6 is 34.2 Å². The molecule has 0 fully saturated rings. The van der Waals surface area contributed by atoms with Crippen LogP contribution in [0.15, 0.2) is 17.2 Å². The number of nitrogens with zero attached hydrogens (tertiary/aromatic N) is 1. The largest absolute Gasteiger partial charge is 0.242 e. The Morgan fingerprint density at radius 1 is 1.58 bits per heavy atom. The average Bonchev–Trinajstić information content (AvgIpc) is 1.92. The second kappa shape index (κ2) is 3.47. The first-order valence-electron chi connectivity index (χ1n) is 2.92. The Bertz CT molecular complexity index is 404. The zero-order valence-corrected chi connectivity index (χ0v) is 9.81. The lowest BCUT2D eigenvalue weighted by Gasteiger charge is -1.98. The van der Waals surface area contributed by atoms with Gasteiger partial charge in [-0.1, -0.05) is 11.6 Å². The molecular weight excluding hydrogens is 312 g/mol. The van der Waals surface area contributed by atoms with E-state index in [9.17, 15) is 8.42 Å². The van der Waals surface area contributed by atoms with Crippen molar-refractivity contribution in [2.45, 2.75) is 4.90 Å². The Hall–Kier alpha value is 0.120. The fraction of sp³-hybridized carbons (Fsp3) is 0.167. The topological polar surface area (TPSA) is 47.0 Å². The quantitative estimate of drug-likeness (QED) is 0.585. The SMILES string of the molecule is CS(=O)(=O)c1cnc(Cl)c(I)c1. The lowest BCUT2D eigenvalue weighted by Crippen LogP contribution is -1.98. The maximum atomic E-state index is 11.0. The van der Waals surface area contributed by atoms with Crippen molar-refractivity contribution < 1.29 is 8.42 Å². The Morgan fingerprint density at radius 3 is 2.58 bits per heavy atom. The van der Waals surface area contributed by atoms with Gasteiger partial charge in [0.05, 0.1) is 8.47 Å². The van der Waals surface area contributed by atoms with Crippen molar-refractivity contribution in [1.82, 2.24) is 4.98 Å². The maximum absolute atomic E-state index is 11.0. The molecule has 0 amide bonds. The van der Waals surface area contributed by atoms with Crippen LogP contribution in [0.4, 0.5) is 0 Å². The first-order valence-corrected chi connectivity index (χ1v) is 6.27. The van der Waals surface area contributed by atoms with E-state index in [0.717, 1.165) is 6.26 Å². The van der Waals surface area contributed by atoms with Crippen LogP contribution in [0.1, 0.15) is 0 Å². The van der Waals surface area contributed by atoms with Gasteiger partial charge in [0, 0.05) is 12.5 Å². The summed E-state index contributed by atoms with van der Waals surface area (Å²) in [5.41, 5.74) is 0. The van der Waals surface area contributed by atoms with E-state index in [1.807, 2.05) is 22.6 Å². The predicted molar refractivity (Wildman–Crippen MR) is 55.1 cm³/mol. The molecule has 0 saturated heterocycles. The van der Waals surface area contributed by atoms with Gasteiger partial charge < -0.3 is 0 Å². The van der Waals surface area contributed by atoms with Crippen molar-refractivity contribution in [3.8, 4) is 0 Å². The van der Waals surface area contributed by atoms with E-state index in [-0.39, 0.29) is 4.90 Å². The average molecular weight is 318 g/mol. The van der Waals surface area contributed by atoms with Crippen molar-refractivity contribution >= 4 is 44.0 Å². The molecule has 0 aliphatic heterocycles. The van der Waals surface area contributed by atoms with Gasteiger partial charge in [0.2, 0.25) is 0 Å². The molecule has 0 spiro atoms. The maximum Gasteiger partial charge on any atom is 0.177 e. The summed E-state index contributed by atoms with van der Waals surface area (Å²) < 4.78 is 22.7. The summed E-state index contributed by atoms with van der Waals surface area (Å²) in [6, 6.07) is 1.49. The minimum absolute atomic E-state index is 0.191. The van der Waals surface area contributed by atoms with Crippen LogP contribution in [0.25, 0.3) is 0 Å². The number of pyridine rings is 1. The van der Waals surface area contributed by atoms with Crippen molar-refractivity contribution in [3.05, 3.63) is 21.0 Å². The summed E-state index contributed by atoms with van der Waals surface area (Å²) in [6.45, 7) is 0. The number of halogens is 2. The van der Waals surface area contributed by atoms with Crippen LogP contribution in [0.3, 0.4) is 0 Å². The van der Waals surface area contributed by atoms with Crippen molar-refractivity contribution in [3.63, 3.8) is 0 Å². The summed E-state index contributed by atoms with van der Waals surface area (Å²) in [5, 5.41) is 0.322. The molecule has 0 radical (unpaired) electrons. The van der Waals surface area contributed by atoms with Gasteiger partial charge in [-0.2, -0.15) is 0 Å². The Balaban J connectivity index is 3.33. The molecular formula is C6H5ClINO2S. The molecule has 0 unspecified atom stereocenters. The van der Waals surface area contributed by atoms with Crippen LogP contribution in [0, 0.1) is 3.57 Å². The van der Waals surface area contributed by atoms with E-state index in [1.54, 1.807) is 0 Å². The van der Waals surface area contributed by atoms with Crippen LogP contribution < -0.4 is 0 Å². The highest BCUT2D eigenvalue weighted by Crippen LogP contribution is 2.18. The van der Waals surface area contributed by atoms with E-state index in [1.165, 1.54) is 12.3 Å². The Morgan fingerprint density at radius 2 is 2.17 bits per heavy atom. The van der Waals surface area contributed by atoms with Crippen LogP contribution in [-0.2, 0) is 9.84 Å². The molecule has 0 aliphatic rings. The van der Waals surface area contributed by atoms with Gasteiger partial charge in [0.1, 0.15) is 5.15 Å². The zero-order chi connectivity index (χ0) is 9.35. The highest BCUT2D eigenvalue weighted by atomic mass is 127. The minimum atomic E-state index is -3.17. The van der Waals surface area contributed by atoms with E-state index in [4.69, 9.17) is 11.6 Å². The van der Waals surface area contributed by atoms with Gasteiger partial charge in [0.15, 0.2) is 9.84 Å². The molecule has 0 aliphatic carbocycles. The molecule has 12 heavy (non-hydrogen) atoms. The summed E-state index contributed by atoms with van der Waals surface area (Å²) in [6.07, 6.45) is 2.38. The molecule has 1 heterocycles. The van der Waals surface area contributed by atoms with Gasteiger partial charge in [-0.05, 0) is 28.7 Å². The smallest absolute Gasteiger partial charge is 0.177 e. The first kappa shape index (κ1) is 10.2. The lowest BCUT2D eigenvalue weighted by molar-refractivity contribution is 0.601. The van der Waals surface area contributed by atoms with E-state index < -0.39 is 9.84 Å². The predicted octanol–water partition coefficient (Wildman–Crippen LogP) is 1.74. The number of hydrogen-bond donors (Lipinski definition) is 0. The second-order valence-electron chi connectivity index (χ2n) is 2.22. The van der Waals surface area contributed by atoms with Crippen LogP contribution in [0.2, 0.25) is 5.15 Å². The van der Waals surface area contributed by atoms with Crippen molar-refractivity contribution in [1.29, 1.82) is 0 Å². The molecule has 1 rings (SSSR count). The summed E-state index contributed by atoms with van der Waals surface area (Å²) in [5.74, 6) is 0. The van der Waals surface area contributed by atoms with Crippen LogP contribution in [-0.4, -0.2) is 19.7 Å². The number of aromatic nitrogens is 1. The lowest BCUT2D eigenvalue weighted by atomic mass is 10.5. The number of sulfone groups is 1. The van der Waals surface area contributed by atoms with E-state index in [2.05, 4.69) is 4.98 Å². The fourth-order valence-electron chi connectivity index (χ4n) is 0.606. The molecule has 1 aromatic heterocycles. The van der Waals surface area contributed by atoms with Gasteiger partial charge in [0.25, 0.3) is 0 Å². The van der Waals surface area contributed by atoms with Crippen molar-refractivity contribution in [2.75, 3.05) is 6.26 Å². The molecule has 1 aromatic rings. The van der Waals surface area contributed by atoms with Gasteiger partial charge >= 0.3 is 0 Å². The number of hydrogen-bond acceptors (Lipinski definition) is 3. The summed E-state index contributed by atoms with van der Waals surface area (Å²) in [4.78, 5) is 3.91. The molecule has 3 nitrogen and oxygen atoms in total. The van der Waals surface area contributed by atoms with Gasteiger partial charge in [-0.3, -0.25) is 0 Å². The van der Waals surface area contributed by atoms with E-state index in [0.29, 0.717) is 8.72 Å². The highest BCUT2D eigenvalue weighted by molar-refractivity contribution is 14.1. The summed E-state index contributed by atoms with van der Waals surface area (Å²) >= 11 is 7.55. The molecule has 0 bridgehead atoms. The molecule has 0 aromatic carbocycles. The monoisotopic (exact) mass is 317 g/mol. The Labute approximate surface area is 89.2 Å². The third-order valence-electron chi connectivity index (χ3n) is 1.20. The molecule has 0 saturated carbocycles. The first-order chi connectivity index (χ1) is 5.41. The third-order valence-corrected chi connectivity index (χ3v) is 3.72. The molecule has 6 heteroatoms. The van der Waals surface area contributed by atoms with Gasteiger partial charge in [-0.25, -0.2) is 13.4 Å². The molecule has 0 atom stereocenters.